The van der Waals surface area contributed by atoms with Gasteiger partial charge >= 0.3 is 0 Å². The molecule has 0 amide bonds. The lowest BCUT2D eigenvalue weighted by Gasteiger charge is -2.29. The van der Waals surface area contributed by atoms with Crippen LogP contribution in [0.2, 0.25) is 0 Å². The summed E-state index contributed by atoms with van der Waals surface area (Å²) in [6, 6.07) is 24.8. The van der Waals surface area contributed by atoms with Crippen LogP contribution in [0, 0.1) is 20.8 Å². The number of para-hydroxylation sites is 1. The Hall–Kier alpha value is -3.64. The molecule has 178 valence electrons. The van der Waals surface area contributed by atoms with Gasteiger partial charge in [-0.2, -0.15) is 0 Å². The number of nitrogens with one attached hydrogen (secondary N) is 1. The highest BCUT2D eigenvalue weighted by Gasteiger charge is 2.42. The van der Waals surface area contributed by atoms with Crippen LogP contribution in [-0.4, -0.2) is 26.7 Å². The van der Waals surface area contributed by atoms with E-state index in [0.717, 1.165) is 16.6 Å². The molecule has 2 aromatic carbocycles. The third-order valence-corrected chi connectivity index (χ3v) is 7.38. The highest BCUT2D eigenvalue weighted by atomic mass is 32.1. The molecule has 35 heavy (non-hydrogen) atoms. The van der Waals surface area contributed by atoms with Gasteiger partial charge in [0, 0.05) is 35.4 Å². The minimum atomic E-state index is -0.0506. The van der Waals surface area contributed by atoms with E-state index < -0.39 is 0 Å². The third kappa shape index (κ3) is 4.19. The molecule has 4 aromatic rings. The predicted molar refractivity (Wildman–Crippen MR) is 144 cm³/mol. The van der Waals surface area contributed by atoms with Gasteiger partial charge in [0.05, 0.1) is 24.9 Å². The van der Waals surface area contributed by atoms with Gasteiger partial charge in [0.15, 0.2) is 5.11 Å². The van der Waals surface area contributed by atoms with Gasteiger partial charge in [-0.25, -0.2) is 0 Å². The maximum Gasteiger partial charge on any atom is 0.170 e. The molecule has 2 atom stereocenters. The normalized spacial score (nSPS) is 17.5. The van der Waals surface area contributed by atoms with Gasteiger partial charge in [0.1, 0.15) is 5.75 Å². The van der Waals surface area contributed by atoms with Gasteiger partial charge in [-0.3, -0.25) is 4.98 Å². The molecule has 1 aliphatic heterocycles. The van der Waals surface area contributed by atoms with E-state index in [1.807, 2.05) is 30.5 Å². The standard InChI is InChI=1S/C29H30N4OS/c1-19-20(2)33(23-10-6-5-7-11-23)21(3)26(19)28-27(25-12-8-9-17-30-25)31-29(35)32(28)18-22-13-15-24(34-4)16-14-22/h5-17,27-28H,18H2,1-4H3,(H,31,35)/t27-,28+/m0/s1. The minimum absolute atomic E-state index is 0.00293. The van der Waals surface area contributed by atoms with Crippen LogP contribution in [0.3, 0.4) is 0 Å². The number of nitrogens with zero attached hydrogens (tertiary/aromatic N) is 3. The van der Waals surface area contributed by atoms with Crippen molar-refractivity contribution in [1.29, 1.82) is 0 Å². The Morgan fingerprint density at radius 1 is 0.914 bits per heavy atom. The van der Waals surface area contributed by atoms with E-state index in [2.05, 4.69) is 84.1 Å². The number of aromatic nitrogens is 2. The fourth-order valence-corrected chi connectivity index (χ4v) is 5.53. The number of pyridine rings is 1. The van der Waals surface area contributed by atoms with Gasteiger partial charge in [-0.1, -0.05) is 36.4 Å². The second-order valence-electron chi connectivity index (χ2n) is 8.98. The van der Waals surface area contributed by atoms with Gasteiger partial charge in [-0.15, -0.1) is 0 Å². The molecular formula is C29H30N4OS. The Morgan fingerprint density at radius 3 is 2.29 bits per heavy atom. The zero-order chi connectivity index (χ0) is 24.5. The second-order valence-corrected chi connectivity index (χ2v) is 9.37. The molecule has 0 spiro atoms. The van der Waals surface area contributed by atoms with Crippen molar-refractivity contribution in [2.75, 3.05) is 7.11 Å². The number of benzene rings is 2. The summed E-state index contributed by atoms with van der Waals surface area (Å²) < 4.78 is 7.71. The van der Waals surface area contributed by atoms with E-state index in [1.165, 1.54) is 33.8 Å². The maximum absolute atomic E-state index is 5.92. The molecule has 0 saturated carbocycles. The van der Waals surface area contributed by atoms with Crippen LogP contribution in [0.5, 0.6) is 5.75 Å². The van der Waals surface area contributed by atoms with Crippen molar-refractivity contribution in [2.45, 2.75) is 39.4 Å². The zero-order valence-corrected chi connectivity index (χ0v) is 21.3. The van der Waals surface area contributed by atoms with E-state index in [0.29, 0.717) is 6.54 Å². The largest absolute Gasteiger partial charge is 0.497 e. The quantitative estimate of drug-likeness (QED) is 0.343. The van der Waals surface area contributed by atoms with Crippen molar-refractivity contribution < 1.29 is 4.74 Å². The summed E-state index contributed by atoms with van der Waals surface area (Å²) in [6.45, 7) is 7.33. The first-order valence-electron chi connectivity index (χ1n) is 11.8. The number of rotatable bonds is 6. The predicted octanol–water partition coefficient (Wildman–Crippen LogP) is 5.98. The molecule has 1 fully saturated rings. The molecule has 1 aliphatic rings. The van der Waals surface area contributed by atoms with Crippen molar-refractivity contribution in [3.8, 4) is 11.4 Å². The SMILES string of the molecule is COc1ccc(CN2C(=S)N[C@@H](c3ccccn3)[C@H]2c2c(C)c(C)n(-c3ccccc3)c2C)cc1. The lowest BCUT2D eigenvalue weighted by molar-refractivity contribution is 0.309. The summed E-state index contributed by atoms with van der Waals surface area (Å²) in [5.74, 6) is 0.848. The van der Waals surface area contributed by atoms with Gasteiger partial charge in [-0.05, 0) is 80.5 Å². The molecule has 5 rings (SSSR count). The number of thiocarbonyl (C=S) groups is 1. The van der Waals surface area contributed by atoms with Crippen molar-refractivity contribution in [3.63, 3.8) is 0 Å². The summed E-state index contributed by atoms with van der Waals surface area (Å²) in [5.41, 5.74) is 8.37. The molecule has 1 N–H and O–H groups in total. The average molecular weight is 483 g/mol. The van der Waals surface area contributed by atoms with Gasteiger partial charge in [0.25, 0.3) is 0 Å². The Labute approximate surface area is 212 Å². The maximum atomic E-state index is 5.92. The lowest BCUT2D eigenvalue weighted by atomic mass is 9.93. The monoisotopic (exact) mass is 482 g/mol. The fourth-order valence-electron chi connectivity index (χ4n) is 5.22. The van der Waals surface area contributed by atoms with E-state index in [4.69, 9.17) is 21.9 Å². The number of hydrogen-bond acceptors (Lipinski definition) is 3. The summed E-state index contributed by atoms with van der Waals surface area (Å²) in [6.07, 6.45) is 1.85. The molecule has 0 radical (unpaired) electrons. The Kier molecular flexibility index (Phi) is 6.31. The van der Waals surface area contributed by atoms with Crippen LogP contribution in [0.15, 0.2) is 79.0 Å². The van der Waals surface area contributed by atoms with Gasteiger partial charge in [0.2, 0.25) is 0 Å². The summed E-state index contributed by atoms with van der Waals surface area (Å²) in [5, 5.41) is 4.34. The summed E-state index contributed by atoms with van der Waals surface area (Å²) in [7, 11) is 1.69. The van der Waals surface area contributed by atoms with Crippen LogP contribution >= 0.6 is 12.2 Å². The molecule has 0 unspecified atom stereocenters. The molecule has 3 heterocycles. The van der Waals surface area contributed by atoms with E-state index in [9.17, 15) is 0 Å². The molecular weight excluding hydrogens is 452 g/mol. The van der Waals surface area contributed by atoms with Crippen LogP contribution in [0.4, 0.5) is 0 Å². The smallest absolute Gasteiger partial charge is 0.170 e. The second kappa shape index (κ2) is 9.55. The van der Waals surface area contributed by atoms with E-state index in [-0.39, 0.29) is 12.1 Å². The first kappa shape index (κ1) is 23.1. The molecule has 0 bridgehead atoms. The summed E-state index contributed by atoms with van der Waals surface area (Å²) >= 11 is 5.92. The fraction of sp³-hybridized carbons (Fsp3) is 0.241. The molecule has 0 aliphatic carbocycles. The van der Waals surface area contributed by atoms with Crippen molar-refractivity contribution in [1.82, 2.24) is 19.8 Å². The van der Waals surface area contributed by atoms with Crippen LogP contribution in [0.25, 0.3) is 5.69 Å². The van der Waals surface area contributed by atoms with Crippen molar-refractivity contribution >= 4 is 17.3 Å². The molecule has 1 saturated heterocycles. The van der Waals surface area contributed by atoms with E-state index >= 15 is 0 Å². The number of hydrogen-bond donors (Lipinski definition) is 1. The minimum Gasteiger partial charge on any atom is -0.497 e. The van der Waals surface area contributed by atoms with E-state index in [1.54, 1.807) is 7.11 Å². The average Bonchev–Trinajstić information content (AvgIpc) is 3.32. The van der Waals surface area contributed by atoms with Crippen molar-refractivity contribution in [3.05, 3.63) is 113 Å². The Morgan fingerprint density at radius 2 is 1.63 bits per heavy atom. The Balaban J connectivity index is 1.63. The Bertz CT molecular complexity index is 1330. The molecule has 6 heteroatoms. The van der Waals surface area contributed by atoms with Crippen LogP contribution in [-0.2, 0) is 6.54 Å². The zero-order valence-electron chi connectivity index (χ0n) is 20.5. The molecule has 2 aromatic heterocycles. The number of methoxy groups -OCH3 is 1. The highest BCUT2D eigenvalue weighted by molar-refractivity contribution is 7.80. The molecule has 5 nitrogen and oxygen atoms in total. The van der Waals surface area contributed by atoms with Crippen molar-refractivity contribution in [2.24, 2.45) is 0 Å². The van der Waals surface area contributed by atoms with Crippen LogP contribution in [0.1, 0.15) is 45.9 Å². The number of ether oxygens (including phenoxy) is 1. The lowest BCUT2D eigenvalue weighted by Crippen LogP contribution is -2.29. The topological polar surface area (TPSA) is 42.3 Å². The third-order valence-electron chi connectivity index (χ3n) is 7.03. The highest BCUT2D eigenvalue weighted by Crippen LogP contribution is 2.44. The first-order chi connectivity index (χ1) is 17.0. The summed E-state index contributed by atoms with van der Waals surface area (Å²) in [4.78, 5) is 7.02. The first-order valence-corrected chi connectivity index (χ1v) is 12.2. The van der Waals surface area contributed by atoms with Crippen LogP contribution < -0.4 is 10.1 Å². The van der Waals surface area contributed by atoms with Gasteiger partial charge < -0.3 is 19.5 Å².